The van der Waals surface area contributed by atoms with Crippen LogP contribution in [-0.2, 0) is 6.42 Å². The number of hydrogen-bond acceptors (Lipinski definition) is 2. The number of rotatable bonds is 5. The van der Waals surface area contributed by atoms with Crippen LogP contribution in [0.3, 0.4) is 0 Å². The molecule has 1 N–H and O–H groups in total. The normalized spacial score (nSPS) is 19.9. The van der Waals surface area contributed by atoms with Crippen molar-refractivity contribution in [3.8, 4) is 5.75 Å². The largest absolute Gasteiger partial charge is 0.493 e. The van der Waals surface area contributed by atoms with E-state index in [9.17, 15) is 0 Å². The lowest BCUT2D eigenvalue weighted by atomic mass is 9.92. The lowest BCUT2D eigenvalue weighted by Gasteiger charge is -2.24. The molecular weight excluding hydrogens is 270 g/mol. The van der Waals surface area contributed by atoms with Crippen LogP contribution in [0.4, 0.5) is 0 Å². The third-order valence-corrected chi connectivity index (χ3v) is 4.87. The van der Waals surface area contributed by atoms with Crippen molar-refractivity contribution in [1.29, 1.82) is 0 Å². The Morgan fingerprint density at radius 2 is 2.15 bits per heavy atom. The van der Waals surface area contributed by atoms with Crippen LogP contribution < -0.4 is 10.1 Å². The van der Waals surface area contributed by atoms with Crippen molar-refractivity contribution in [3.63, 3.8) is 0 Å². The van der Waals surface area contributed by atoms with Crippen LogP contribution in [0.2, 0.25) is 5.02 Å². The Hall–Kier alpha value is -0.730. The van der Waals surface area contributed by atoms with E-state index in [1.807, 2.05) is 0 Å². The zero-order chi connectivity index (χ0) is 13.9. The fourth-order valence-corrected chi connectivity index (χ4v) is 3.95. The molecule has 1 heterocycles. The van der Waals surface area contributed by atoms with E-state index < -0.39 is 0 Å². The second-order valence-electron chi connectivity index (χ2n) is 6.08. The summed E-state index contributed by atoms with van der Waals surface area (Å²) >= 11 is 6.31. The molecule has 0 bridgehead atoms. The topological polar surface area (TPSA) is 21.3 Å². The first-order valence-electron chi connectivity index (χ1n) is 7.96. The number of halogens is 1. The third kappa shape index (κ3) is 2.96. The van der Waals surface area contributed by atoms with Gasteiger partial charge in [0.05, 0.1) is 6.61 Å². The van der Waals surface area contributed by atoms with Crippen LogP contribution in [0.15, 0.2) is 12.1 Å². The second kappa shape index (κ2) is 6.36. The van der Waals surface area contributed by atoms with Crippen LogP contribution in [-0.4, -0.2) is 13.2 Å². The Balaban J connectivity index is 1.86. The quantitative estimate of drug-likeness (QED) is 0.863. The van der Waals surface area contributed by atoms with Crippen LogP contribution in [0, 0.1) is 5.92 Å². The number of nitrogens with one attached hydrogen (secondary N) is 1. The highest BCUT2D eigenvalue weighted by atomic mass is 35.5. The summed E-state index contributed by atoms with van der Waals surface area (Å²) in [5, 5.41) is 4.49. The van der Waals surface area contributed by atoms with E-state index in [4.69, 9.17) is 16.3 Å². The maximum Gasteiger partial charge on any atom is 0.127 e. The number of ether oxygens (including phenoxy) is 1. The molecule has 0 saturated heterocycles. The van der Waals surface area contributed by atoms with Crippen molar-refractivity contribution < 1.29 is 4.74 Å². The first-order chi connectivity index (χ1) is 9.78. The SMILES string of the molecule is CCNC(CC1CCCC1)c1cc(Cl)cc2c1OCC2. The summed E-state index contributed by atoms with van der Waals surface area (Å²) < 4.78 is 5.88. The van der Waals surface area contributed by atoms with Crippen LogP contribution in [0.5, 0.6) is 5.75 Å². The molecule has 0 aromatic heterocycles. The molecule has 0 amide bonds. The minimum atomic E-state index is 0.383. The lowest BCUT2D eigenvalue weighted by molar-refractivity contribution is 0.339. The Kier molecular flexibility index (Phi) is 4.52. The van der Waals surface area contributed by atoms with Crippen molar-refractivity contribution in [2.24, 2.45) is 5.92 Å². The Bertz CT molecular complexity index is 468. The van der Waals surface area contributed by atoms with E-state index >= 15 is 0 Å². The van der Waals surface area contributed by atoms with Crippen LogP contribution in [0.25, 0.3) is 0 Å². The van der Waals surface area contributed by atoms with Gasteiger partial charge in [0.2, 0.25) is 0 Å². The molecule has 2 nitrogen and oxygen atoms in total. The molecule has 20 heavy (non-hydrogen) atoms. The van der Waals surface area contributed by atoms with Gasteiger partial charge in [-0.25, -0.2) is 0 Å². The van der Waals surface area contributed by atoms with E-state index in [1.54, 1.807) is 0 Å². The highest BCUT2D eigenvalue weighted by molar-refractivity contribution is 6.30. The van der Waals surface area contributed by atoms with Gasteiger partial charge in [0.1, 0.15) is 5.75 Å². The molecule has 3 rings (SSSR count). The molecule has 1 fully saturated rings. The molecule has 1 aliphatic carbocycles. The summed E-state index contributed by atoms with van der Waals surface area (Å²) in [6.45, 7) is 3.96. The first-order valence-corrected chi connectivity index (χ1v) is 8.34. The summed E-state index contributed by atoms with van der Waals surface area (Å²) in [5.41, 5.74) is 2.56. The molecule has 3 heteroatoms. The fraction of sp³-hybridized carbons (Fsp3) is 0.647. The van der Waals surface area contributed by atoms with Gasteiger partial charge in [-0.15, -0.1) is 0 Å². The van der Waals surface area contributed by atoms with Crippen molar-refractivity contribution in [1.82, 2.24) is 5.32 Å². The van der Waals surface area contributed by atoms with Crippen molar-refractivity contribution in [3.05, 3.63) is 28.3 Å². The van der Waals surface area contributed by atoms with E-state index in [2.05, 4.69) is 24.4 Å². The third-order valence-electron chi connectivity index (χ3n) is 4.65. The molecule has 1 atom stereocenters. The minimum Gasteiger partial charge on any atom is -0.493 e. The van der Waals surface area contributed by atoms with Crippen LogP contribution in [0.1, 0.15) is 56.2 Å². The highest BCUT2D eigenvalue weighted by Crippen LogP contribution is 2.40. The molecule has 110 valence electrons. The van der Waals surface area contributed by atoms with E-state index in [-0.39, 0.29) is 0 Å². The summed E-state index contributed by atoms with van der Waals surface area (Å²) in [7, 11) is 0. The zero-order valence-corrected chi connectivity index (χ0v) is 13.0. The maximum atomic E-state index is 6.31. The molecular formula is C17H24ClNO. The highest BCUT2D eigenvalue weighted by Gasteiger charge is 2.26. The van der Waals surface area contributed by atoms with Gasteiger partial charge in [0.15, 0.2) is 0 Å². The van der Waals surface area contributed by atoms with Crippen molar-refractivity contribution in [2.75, 3.05) is 13.2 Å². The van der Waals surface area contributed by atoms with E-state index in [0.717, 1.165) is 36.3 Å². The van der Waals surface area contributed by atoms with E-state index in [1.165, 1.54) is 43.2 Å². The summed E-state index contributed by atoms with van der Waals surface area (Å²) in [6.07, 6.45) is 7.76. The van der Waals surface area contributed by atoms with Gasteiger partial charge in [-0.3, -0.25) is 0 Å². The van der Waals surface area contributed by atoms with Crippen LogP contribution >= 0.6 is 11.6 Å². The molecule has 0 radical (unpaired) electrons. The van der Waals surface area contributed by atoms with E-state index in [0.29, 0.717) is 6.04 Å². The summed E-state index contributed by atoms with van der Waals surface area (Å²) in [5.74, 6) is 1.95. The Morgan fingerprint density at radius 1 is 1.35 bits per heavy atom. The molecule has 1 unspecified atom stereocenters. The van der Waals surface area contributed by atoms with Gasteiger partial charge in [0.25, 0.3) is 0 Å². The van der Waals surface area contributed by atoms with Gasteiger partial charge in [-0.05, 0) is 36.6 Å². The lowest BCUT2D eigenvalue weighted by Crippen LogP contribution is -2.23. The predicted molar refractivity (Wildman–Crippen MR) is 83.6 cm³/mol. The zero-order valence-electron chi connectivity index (χ0n) is 12.3. The standard InChI is InChI=1S/C17H24ClNO/c1-2-19-16(9-12-5-3-4-6-12)15-11-14(18)10-13-7-8-20-17(13)15/h10-12,16,19H,2-9H2,1H3. The van der Waals surface area contributed by atoms with Gasteiger partial charge in [-0.2, -0.15) is 0 Å². The monoisotopic (exact) mass is 293 g/mol. The second-order valence-corrected chi connectivity index (χ2v) is 6.51. The van der Waals surface area contributed by atoms with Gasteiger partial charge in [-0.1, -0.05) is 44.2 Å². The van der Waals surface area contributed by atoms with Gasteiger partial charge in [0, 0.05) is 23.0 Å². The Morgan fingerprint density at radius 3 is 2.90 bits per heavy atom. The fourth-order valence-electron chi connectivity index (χ4n) is 3.70. The van der Waals surface area contributed by atoms with Crippen molar-refractivity contribution >= 4 is 11.6 Å². The molecule has 2 aliphatic rings. The molecule has 1 aliphatic heterocycles. The van der Waals surface area contributed by atoms with Crippen molar-refractivity contribution in [2.45, 2.75) is 51.5 Å². The maximum absolute atomic E-state index is 6.31. The molecule has 0 spiro atoms. The van der Waals surface area contributed by atoms with Gasteiger partial charge < -0.3 is 10.1 Å². The molecule has 1 aromatic rings. The molecule has 1 saturated carbocycles. The summed E-state index contributed by atoms with van der Waals surface area (Å²) in [4.78, 5) is 0. The number of benzene rings is 1. The minimum absolute atomic E-state index is 0.383. The van der Waals surface area contributed by atoms with Gasteiger partial charge >= 0.3 is 0 Å². The smallest absolute Gasteiger partial charge is 0.127 e. The first kappa shape index (κ1) is 14.2. The summed E-state index contributed by atoms with van der Waals surface area (Å²) in [6, 6.07) is 4.55. The molecule has 1 aromatic carbocycles. The number of hydrogen-bond donors (Lipinski definition) is 1. The Labute approximate surface area is 126 Å². The average molecular weight is 294 g/mol. The predicted octanol–water partition coefficient (Wildman–Crippen LogP) is 4.51. The number of fused-ring (bicyclic) bond motifs is 1. The average Bonchev–Trinajstić information content (AvgIpc) is 3.07.